The number of fused-ring (bicyclic) bond motifs is 1. The van der Waals surface area contributed by atoms with Gasteiger partial charge in [0.05, 0.1) is 10.6 Å². The van der Waals surface area contributed by atoms with Crippen molar-refractivity contribution in [2.24, 2.45) is 4.99 Å². The first kappa shape index (κ1) is 21.2. The van der Waals surface area contributed by atoms with Gasteiger partial charge < -0.3 is 5.32 Å². The quantitative estimate of drug-likeness (QED) is 0.411. The Hall–Kier alpha value is -3.02. The molecule has 1 N–H and O–H groups in total. The molecule has 0 bridgehead atoms. The molecule has 0 unspecified atom stereocenters. The standard InChI is InChI=1S/C13H13NOS.C13H11NS/c15-13(12-4-2-1-3-5-12)14-8-6-11-7-9-16-10-11;1-2-4-10(5-3-1)12-13-11(6-8-14-12)7-9-15-13/h1-5,7,9-10H,6,8H2,(H,14,15);1-5,7,9H,6,8H2. The molecule has 5 rings (SSSR count). The summed E-state index contributed by atoms with van der Waals surface area (Å²) in [6.07, 6.45) is 1.98. The van der Waals surface area contributed by atoms with Crippen molar-refractivity contribution in [3.8, 4) is 0 Å². The lowest BCUT2D eigenvalue weighted by molar-refractivity contribution is 0.0954. The Labute approximate surface area is 191 Å². The van der Waals surface area contributed by atoms with Crippen LogP contribution >= 0.6 is 22.7 Å². The van der Waals surface area contributed by atoms with E-state index in [1.165, 1.54) is 27.3 Å². The average molecular weight is 445 g/mol. The van der Waals surface area contributed by atoms with E-state index in [-0.39, 0.29) is 5.91 Å². The Morgan fingerprint density at radius 1 is 0.935 bits per heavy atom. The number of aliphatic imine (C=N–C) groups is 1. The Morgan fingerprint density at radius 2 is 1.71 bits per heavy atom. The number of hydrogen-bond acceptors (Lipinski definition) is 4. The zero-order chi connectivity index (χ0) is 21.3. The van der Waals surface area contributed by atoms with Gasteiger partial charge in [0.25, 0.3) is 5.91 Å². The van der Waals surface area contributed by atoms with Crippen molar-refractivity contribution in [1.82, 2.24) is 5.32 Å². The molecule has 3 nitrogen and oxygen atoms in total. The Kier molecular flexibility index (Phi) is 7.42. The van der Waals surface area contributed by atoms with Gasteiger partial charge >= 0.3 is 0 Å². The molecule has 0 fully saturated rings. The maximum atomic E-state index is 11.7. The van der Waals surface area contributed by atoms with Gasteiger partial charge in [0.15, 0.2) is 0 Å². The van der Waals surface area contributed by atoms with Crippen LogP contribution in [0.1, 0.15) is 31.9 Å². The van der Waals surface area contributed by atoms with Crippen LogP contribution in [0.5, 0.6) is 0 Å². The van der Waals surface area contributed by atoms with E-state index in [0.717, 1.165) is 19.4 Å². The van der Waals surface area contributed by atoms with E-state index >= 15 is 0 Å². The van der Waals surface area contributed by atoms with Gasteiger partial charge in [-0.25, -0.2) is 0 Å². The lowest BCUT2D eigenvalue weighted by Crippen LogP contribution is -2.25. The van der Waals surface area contributed by atoms with Crippen molar-refractivity contribution in [3.63, 3.8) is 0 Å². The molecule has 31 heavy (non-hydrogen) atoms. The largest absolute Gasteiger partial charge is 0.352 e. The van der Waals surface area contributed by atoms with E-state index in [2.05, 4.69) is 57.5 Å². The average Bonchev–Trinajstić information content (AvgIpc) is 3.52. The molecule has 2 aromatic carbocycles. The Bertz CT molecular complexity index is 1120. The monoisotopic (exact) mass is 444 g/mol. The zero-order valence-corrected chi connectivity index (χ0v) is 18.8. The number of benzene rings is 2. The normalized spacial score (nSPS) is 12.2. The van der Waals surface area contributed by atoms with E-state index in [4.69, 9.17) is 0 Å². The fraction of sp³-hybridized carbons (Fsp3) is 0.154. The van der Waals surface area contributed by atoms with Gasteiger partial charge in [-0.05, 0) is 64.4 Å². The third kappa shape index (κ3) is 5.78. The van der Waals surface area contributed by atoms with Crippen molar-refractivity contribution in [1.29, 1.82) is 0 Å². The van der Waals surface area contributed by atoms with Gasteiger partial charge in [0, 0.05) is 24.2 Å². The summed E-state index contributed by atoms with van der Waals surface area (Å²) in [5, 5.41) is 9.22. The number of hydrogen-bond donors (Lipinski definition) is 1. The minimum atomic E-state index is -0.00386. The molecular formula is C26H24N2OS2. The van der Waals surface area contributed by atoms with E-state index < -0.39 is 0 Å². The number of amides is 1. The van der Waals surface area contributed by atoms with Crippen LogP contribution in [-0.2, 0) is 12.8 Å². The first-order valence-corrected chi connectivity index (χ1v) is 12.1. The lowest BCUT2D eigenvalue weighted by atomic mass is 10.0. The molecule has 4 aromatic rings. The second-order valence-corrected chi connectivity index (χ2v) is 8.82. The molecular weight excluding hydrogens is 420 g/mol. The van der Waals surface area contributed by atoms with Gasteiger partial charge in [0.1, 0.15) is 0 Å². The summed E-state index contributed by atoms with van der Waals surface area (Å²) >= 11 is 3.48. The maximum absolute atomic E-state index is 11.7. The van der Waals surface area contributed by atoms with Gasteiger partial charge in [-0.3, -0.25) is 9.79 Å². The van der Waals surface area contributed by atoms with Crippen LogP contribution in [0.4, 0.5) is 0 Å². The fourth-order valence-corrected chi connectivity index (χ4v) is 5.05. The van der Waals surface area contributed by atoms with Crippen LogP contribution in [0, 0.1) is 0 Å². The van der Waals surface area contributed by atoms with Crippen LogP contribution < -0.4 is 5.32 Å². The topological polar surface area (TPSA) is 41.5 Å². The van der Waals surface area contributed by atoms with Gasteiger partial charge in [0.2, 0.25) is 0 Å². The van der Waals surface area contributed by atoms with Crippen molar-refractivity contribution >= 4 is 34.3 Å². The maximum Gasteiger partial charge on any atom is 0.251 e. The minimum absolute atomic E-state index is 0.00386. The van der Waals surface area contributed by atoms with Gasteiger partial charge in [-0.15, -0.1) is 11.3 Å². The predicted molar refractivity (Wildman–Crippen MR) is 132 cm³/mol. The molecule has 5 heteroatoms. The second-order valence-electron chi connectivity index (χ2n) is 7.12. The van der Waals surface area contributed by atoms with Crippen molar-refractivity contribution < 1.29 is 4.79 Å². The molecule has 0 saturated carbocycles. The van der Waals surface area contributed by atoms with Gasteiger partial charge in [-0.2, -0.15) is 11.3 Å². The highest BCUT2D eigenvalue weighted by Gasteiger charge is 2.16. The SMILES string of the molecule is O=C(NCCc1ccsc1)c1ccccc1.c1ccc(C2=NCCc3ccsc32)cc1. The molecule has 1 amide bonds. The fourth-order valence-electron chi connectivity index (χ4n) is 3.37. The number of nitrogens with zero attached hydrogens (tertiary/aromatic N) is 1. The van der Waals surface area contributed by atoms with Gasteiger partial charge in [-0.1, -0.05) is 48.5 Å². The van der Waals surface area contributed by atoms with E-state index in [1.807, 2.05) is 41.8 Å². The number of thiophene rings is 2. The number of rotatable bonds is 5. The van der Waals surface area contributed by atoms with Crippen molar-refractivity contribution in [3.05, 3.63) is 116 Å². The molecule has 0 aliphatic carbocycles. The first-order chi connectivity index (χ1) is 15.3. The number of carbonyl (C=O) groups excluding carboxylic acids is 1. The summed E-state index contributed by atoms with van der Waals surface area (Å²) in [5.74, 6) is -0.00386. The molecule has 0 radical (unpaired) electrons. The number of nitrogens with one attached hydrogen (secondary N) is 1. The highest BCUT2D eigenvalue weighted by Crippen LogP contribution is 2.25. The molecule has 1 aliphatic rings. The minimum Gasteiger partial charge on any atom is -0.352 e. The molecule has 0 spiro atoms. The van der Waals surface area contributed by atoms with Crippen LogP contribution in [0.25, 0.3) is 0 Å². The Balaban J connectivity index is 0.000000149. The summed E-state index contributed by atoms with van der Waals surface area (Å²) in [4.78, 5) is 17.7. The van der Waals surface area contributed by atoms with Crippen molar-refractivity contribution in [2.75, 3.05) is 13.1 Å². The van der Waals surface area contributed by atoms with E-state index in [1.54, 1.807) is 22.7 Å². The van der Waals surface area contributed by atoms with E-state index in [9.17, 15) is 4.79 Å². The first-order valence-electron chi connectivity index (χ1n) is 10.3. The summed E-state index contributed by atoms with van der Waals surface area (Å²) in [6.45, 7) is 1.61. The second kappa shape index (κ2) is 10.8. The van der Waals surface area contributed by atoms with Crippen LogP contribution in [0.15, 0.2) is 93.9 Å². The smallest absolute Gasteiger partial charge is 0.251 e. The molecule has 0 saturated heterocycles. The molecule has 0 atom stereocenters. The summed E-state index contributed by atoms with van der Waals surface area (Å²) in [7, 11) is 0. The van der Waals surface area contributed by atoms with Crippen LogP contribution in [0.3, 0.4) is 0 Å². The van der Waals surface area contributed by atoms with Crippen LogP contribution in [0.2, 0.25) is 0 Å². The molecule has 3 heterocycles. The highest BCUT2D eigenvalue weighted by atomic mass is 32.1. The molecule has 156 valence electrons. The van der Waals surface area contributed by atoms with Crippen molar-refractivity contribution in [2.45, 2.75) is 12.8 Å². The zero-order valence-electron chi connectivity index (χ0n) is 17.2. The predicted octanol–water partition coefficient (Wildman–Crippen LogP) is 5.86. The summed E-state index contributed by atoms with van der Waals surface area (Å²) < 4.78 is 0. The third-order valence-electron chi connectivity index (χ3n) is 4.98. The van der Waals surface area contributed by atoms with Crippen LogP contribution in [-0.4, -0.2) is 24.7 Å². The molecule has 1 aliphatic heterocycles. The summed E-state index contributed by atoms with van der Waals surface area (Å²) in [5.41, 5.74) is 5.85. The van der Waals surface area contributed by atoms with E-state index in [0.29, 0.717) is 12.1 Å². The lowest BCUT2D eigenvalue weighted by Gasteiger charge is -2.12. The molecule has 2 aromatic heterocycles. The number of carbonyl (C=O) groups is 1. The summed E-state index contributed by atoms with van der Waals surface area (Å²) in [6, 6.07) is 24.0. The highest BCUT2D eigenvalue weighted by molar-refractivity contribution is 7.12. The third-order valence-corrected chi connectivity index (χ3v) is 6.67. The Morgan fingerprint density at radius 3 is 2.45 bits per heavy atom.